The Morgan fingerprint density at radius 1 is 1.17 bits per heavy atom. The van der Waals surface area contributed by atoms with Crippen molar-refractivity contribution in [2.24, 2.45) is 0 Å². The summed E-state index contributed by atoms with van der Waals surface area (Å²) in [4.78, 5) is 11.3. The minimum atomic E-state index is -0.327. The van der Waals surface area contributed by atoms with Gasteiger partial charge in [-0.15, -0.1) is 11.8 Å². The van der Waals surface area contributed by atoms with Crippen molar-refractivity contribution >= 4 is 17.4 Å². The molecular formula is C14H13NO2S. The van der Waals surface area contributed by atoms with E-state index in [0.29, 0.717) is 0 Å². The Kier molecular flexibility index (Phi) is 3.99. The minimum Gasteiger partial charge on any atom is -0.258 e. The molecular weight excluding hydrogens is 246 g/mol. The summed E-state index contributed by atoms with van der Waals surface area (Å²) in [5, 5.41) is 10.9. The lowest BCUT2D eigenvalue weighted by molar-refractivity contribution is -0.387. The molecule has 0 bridgehead atoms. The van der Waals surface area contributed by atoms with Crippen molar-refractivity contribution in [3.05, 3.63) is 69.8 Å². The van der Waals surface area contributed by atoms with Crippen molar-refractivity contribution in [2.45, 2.75) is 17.6 Å². The van der Waals surface area contributed by atoms with Crippen molar-refractivity contribution < 1.29 is 4.92 Å². The van der Waals surface area contributed by atoms with Crippen molar-refractivity contribution in [1.82, 2.24) is 0 Å². The van der Waals surface area contributed by atoms with Gasteiger partial charge in [-0.2, -0.15) is 0 Å². The van der Waals surface area contributed by atoms with Gasteiger partial charge in [0, 0.05) is 11.8 Å². The Bertz CT molecular complexity index is 555. The standard InChI is InChI=1S/C14H13NO2S/c1-11-7-8-13(15(16)17)14(9-11)18-10-12-5-3-2-4-6-12/h2-9H,10H2,1H3. The zero-order chi connectivity index (χ0) is 13.0. The molecule has 0 aliphatic heterocycles. The molecule has 92 valence electrons. The van der Waals surface area contributed by atoms with E-state index in [1.807, 2.05) is 43.3 Å². The van der Waals surface area contributed by atoms with Gasteiger partial charge in [0.25, 0.3) is 5.69 Å². The maximum absolute atomic E-state index is 10.9. The highest BCUT2D eigenvalue weighted by molar-refractivity contribution is 7.98. The molecule has 0 amide bonds. The van der Waals surface area contributed by atoms with Crippen molar-refractivity contribution in [3.8, 4) is 0 Å². The number of benzene rings is 2. The molecule has 0 aromatic heterocycles. The average Bonchev–Trinajstić information content (AvgIpc) is 2.37. The number of nitro benzene ring substituents is 1. The summed E-state index contributed by atoms with van der Waals surface area (Å²) in [6.45, 7) is 1.94. The van der Waals surface area contributed by atoms with Crippen LogP contribution in [0.2, 0.25) is 0 Å². The first kappa shape index (κ1) is 12.6. The fraction of sp³-hybridized carbons (Fsp3) is 0.143. The van der Waals surface area contributed by atoms with Gasteiger partial charge in [0.1, 0.15) is 0 Å². The average molecular weight is 259 g/mol. The van der Waals surface area contributed by atoms with E-state index in [1.54, 1.807) is 12.1 Å². The van der Waals surface area contributed by atoms with E-state index in [-0.39, 0.29) is 10.6 Å². The molecule has 0 saturated carbocycles. The van der Waals surface area contributed by atoms with Crippen LogP contribution in [0, 0.1) is 17.0 Å². The molecule has 2 rings (SSSR count). The van der Waals surface area contributed by atoms with Gasteiger partial charge in [0.2, 0.25) is 0 Å². The van der Waals surface area contributed by atoms with Crippen LogP contribution in [0.1, 0.15) is 11.1 Å². The first-order chi connectivity index (χ1) is 8.66. The molecule has 0 atom stereocenters. The summed E-state index contributed by atoms with van der Waals surface area (Å²) in [5.74, 6) is 0.741. The Morgan fingerprint density at radius 3 is 2.56 bits per heavy atom. The third-order valence-electron chi connectivity index (χ3n) is 2.55. The van der Waals surface area contributed by atoms with Crippen LogP contribution < -0.4 is 0 Å². The summed E-state index contributed by atoms with van der Waals surface area (Å²) in [5.41, 5.74) is 2.39. The van der Waals surface area contributed by atoms with Gasteiger partial charge in [0.05, 0.1) is 9.82 Å². The summed E-state index contributed by atoms with van der Waals surface area (Å²) >= 11 is 1.50. The molecule has 2 aromatic rings. The monoisotopic (exact) mass is 259 g/mol. The molecule has 4 heteroatoms. The van der Waals surface area contributed by atoms with Gasteiger partial charge < -0.3 is 0 Å². The molecule has 0 saturated heterocycles. The quantitative estimate of drug-likeness (QED) is 0.469. The maximum atomic E-state index is 10.9. The zero-order valence-electron chi connectivity index (χ0n) is 10.00. The number of thioether (sulfide) groups is 1. The molecule has 0 fully saturated rings. The summed E-state index contributed by atoms with van der Waals surface area (Å²) < 4.78 is 0. The summed E-state index contributed by atoms with van der Waals surface area (Å²) in [7, 11) is 0. The molecule has 0 N–H and O–H groups in total. The van der Waals surface area contributed by atoms with Crippen LogP contribution in [0.3, 0.4) is 0 Å². The topological polar surface area (TPSA) is 43.1 Å². The van der Waals surface area contributed by atoms with Crippen LogP contribution in [-0.4, -0.2) is 4.92 Å². The number of hydrogen-bond acceptors (Lipinski definition) is 3. The molecule has 0 spiro atoms. The third-order valence-corrected chi connectivity index (χ3v) is 3.66. The van der Waals surface area contributed by atoms with E-state index >= 15 is 0 Å². The molecule has 0 aliphatic carbocycles. The molecule has 18 heavy (non-hydrogen) atoms. The van der Waals surface area contributed by atoms with E-state index in [9.17, 15) is 10.1 Å². The summed E-state index contributed by atoms with van der Waals surface area (Å²) in [6, 6.07) is 15.2. The number of hydrogen-bond donors (Lipinski definition) is 0. The third kappa shape index (κ3) is 3.11. The fourth-order valence-electron chi connectivity index (χ4n) is 1.62. The zero-order valence-corrected chi connectivity index (χ0v) is 10.8. The van der Waals surface area contributed by atoms with Crippen LogP contribution in [0.5, 0.6) is 0 Å². The van der Waals surface area contributed by atoms with Gasteiger partial charge in [0.15, 0.2) is 0 Å². The first-order valence-corrected chi connectivity index (χ1v) is 6.57. The van der Waals surface area contributed by atoms with Crippen molar-refractivity contribution in [2.75, 3.05) is 0 Å². The van der Waals surface area contributed by atoms with Crippen molar-refractivity contribution in [1.29, 1.82) is 0 Å². The lowest BCUT2D eigenvalue weighted by Crippen LogP contribution is -1.91. The van der Waals surface area contributed by atoms with Crippen LogP contribution >= 0.6 is 11.8 Å². The normalized spacial score (nSPS) is 10.3. The minimum absolute atomic E-state index is 0.182. The Hall–Kier alpha value is -1.81. The van der Waals surface area contributed by atoms with Crippen LogP contribution in [0.25, 0.3) is 0 Å². The number of aryl methyl sites for hydroxylation is 1. The van der Waals surface area contributed by atoms with Crippen LogP contribution in [0.4, 0.5) is 5.69 Å². The predicted octanol–water partition coefficient (Wildman–Crippen LogP) is 4.20. The second-order valence-corrected chi connectivity index (χ2v) is 5.02. The molecule has 3 nitrogen and oxygen atoms in total. The fourth-order valence-corrected chi connectivity index (χ4v) is 2.70. The van der Waals surface area contributed by atoms with Gasteiger partial charge in [-0.05, 0) is 24.1 Å². The molecule has 2 aromatic carbocycles. The van der Waals surface area contributed by atoms with Gasteiger partial charge in [-0.3, -0.25) is 10.1 Å². The smallest absolute Gasteiger partial charge is 0.258 e. The van der Waals surface area contributed by atoms with E-state index in [0.717, 1.165) is 16.2 Å². The number of nitro groups is 1. The Labute approximate surface area is 110 Å². The highest BCUT2D eigenvalue weighted by atomic mass is 32.2. The SMILES string of the molecule is Cc1ccc([N+](=O)[O-])c(SCc2ccccc2)c1. The van der Waals surface area contributed by atoms with Crippen molar-refractivity contribution in [3.63, 3.8) is 0 Å². The van der Waals surface area contributed by atoms with E-state index in [2.05, 4.69) is 0 Å². The Balaban J connectivity index is 2.18. The highest BCUT2D eigenvalue weighted by Gasteiger charge is 2.13. The van der Waals surface area contributed by atoms with E-state index in [1.165, 1.54) is 17.3 Å². The van der Waals surface area contributed by atoms with Gasteiger partial charge in [-0.25, -0.2) is 0 Å². The van der Waals surface area contributed by atoms with E-state index in [4.69, 9.17) is 0 Å². The van der Waals surface area contributed by atoms with Crippen LogP contribution in [-0.2, 0) is 5.75 Å². The summed E-state index contributed by atoms with van der Waals surface area (Å²) in [6.07, 6.45) is 0. The molecule has 0 heterocycles. The Morgan fingerprint density at radius 2 is 1.89 bits per heavy atom. The molecule has 0 unspecified atom stereocenters. The highest BCUT2D eigenvalue weighted by Crippen LogP contribution is 2.32. The van der Waals surface area contributed by atoms with Crippen LogP contribution in [0.15, 0.2) is 53.4 Å². The second-order valence-electron chi connectivity index (χ2n) is 4.00. The molecule has 0 radical (unpaired) electrons. The first-order valence-electron chi connectivity index (χ1n) is 5.58. The lowest BCUT2D eigenvalue weighted by Gasteiger charge is -2.04. The van der Waals surface area contributed by atoms with Gasteiger partial charge >= 0.3 is 0 Å². The predicted molar refractivity (Wildman–Crippen MR) is 73.8 cm³/mol. The maximum Gasteiger partial charge on any atom is 0.282 e. The lowest BCUT2D eigenvalue weighted by atomic mass is 10.2. The largest absolute Gasteiger partial charge is 0.282 e. The molecule has 0 aliphatic rings. The number of rotatable bonds is 4. The van der Waals surface area contributed by atoms with Gasteiger partial charge in [-0.1, -0.05) is 36.4 Å². The number of nitrogens with zero attached hydrogens (tertiary/aromatic N) is 1. The van der Waals surface area contributed by atoms with E-state index < -0.39 is 0 Å². The second kappa shape index (κ2) is 5.69.